The lowest BCUT2D eigenvalue weighted by Crippen LogP contribution is -2.30. The number of carbonyl (C=O) groups excluding carboxylic acids is 2. The van der Waals surface area contributed by atoms with E-state index >= 15 is 0 Å². The van der Waals surface area contributed by atoms with Crippen molar-refractivity contribution in [2.24, 2.45) is 0 Å². The van der Waals surface area contributed by atoms with E-state index in [1.807, 2.05) is 13.8 Å². The minimum absolute atomic E-state index is 0.000458. The van der Waals surface area contributed by atoms with Crippen LogP contribution in [0, 0.1) is 0 Å². The van der Waals surface area contributed by atoms with Gasteiger partial charge < -0.3 is 10.2 Å². The monoisotopic (exact) mass is 373 g/mol. The Kier molecular flexibility index (Phi) is 5.92. The van der Waals surface area contributed by atoms with Gasteiger partial charge in [0.05, 0.1) is 5.75 Å². The van der Waals surface area contributed by atoms with Crippen molar-refractivity contribution in [3.05, 3.63) is 35.7 Å². The molecule has 1 aliphatic carbocycles. The highest BCUT2D eigenvalue weighted by molar-refractivity contribution is 7.99. The zero-order valence-corrected chi connectivity index (χ0v) is 15.8. The van der Waals surface area contributed by atoms with Gasteiger partial charge in [-0.15, -0.1) is 5.10 Å². The Morgan fingerprint density at radius 2 is 1.92 bits per heavy atom. The van der Waals surface area contributed by atoms with Crippen LogP contribution >= 0.6 is 11.8 Å². The number of thioether (sulfide) groups is 1. The number of aromatic amines is 1. The van der Waals surface area contributed by atoms with Gasteiger partial charge in [0.25, 0.3) is 5.91 Å². The van der Waals surface area contributed by atoms with Gasteiger partial charge in [-0.1, -0.05) is 11.8 Å². The number of nitrogens with zero attached hydrogens (tertiary/aromatic N) is 3. The van der Waals surface area contributed by atoms with Crippen LogP contribution in [0.25, 0.3) is 0 Å². The number of aromatic nitrogens is 3. The van der Waals surface area contributed by atoms with Gasteiger partial charge >= 0.3 is 0 Å². The molecule has 1 aliphatic rings. The lowest BCUT2D eigenvalue weighted by atomic mass is 10.2. The summed E-state index contributed by atoms with van der Waals surface area (Å²) in [6, 6.07) is 6.97. The zero-order valence-electron chi connectivity index (χ0n) is 15.0. The van der Waals surface area contributed by atoms with Crippen LogP contribution in [-0.4, -0.2) is 50.7 Å². The van der Waals surface area contributed by atoms with Crippen LogP contribution in [0.3, 0.4) is 0 Å². The van der Waals surface area contributed by atoms with Crippen molar-refractivity contribution >= 4 is 29.3 Å². The first-order valence-corrected chi connectivity index (χ1v) is 9.83. The minimum atomic E-state index is -0.129. The van der Waals surface area contributed by atoms with Gasteiger partial charge in [-0.05, 0) is 51.0 Å². The van der Waals surface area contributed by atoms with E-state index in [4.69, 9.17) is 0 Å². The zero-order chi connectivity index (χ0) is 18.5. The second kappa shape index (κ2) is 8.35. The second-order valence-electron chi connectivity index (χ2n) is 6.17. The first-order chi connectivity index (χ1) is 12.6. The molecule has 1 saturated carbocycles. The molecular formula is C18H23N5O2S. The molecule has 2 N–H and O–H groups in total. The maximum Gasteiger partial charge on any atom is 0.253 e. The van der Waals surface area contributed by atoms with Crippen LogP contribution in [0.1, 0.15) is 48.8 Å². The van der Waals surface area contributed by atoms with Crippen molar-refractivity contribution in [1.82, 2.24) is 20.1 Å². The molecule has 2 amide bonds. The number of hydrogen-bond donors (Lipinski definition) is 2. The average Bonchev–Trinajstić information content (AvgIpc) is 3.40. The fourth-order valence-electron chi connectivity index (χ4n) is 2.58. The molecular weight excluding hydrogens is 350 g/mol. The van der Waals surface area contributed by atoms with E-state index in [0.29, 0.717) is 35.4 Å². The summed E-state index contributed by atoms with van der Waals surface area (Å²) in [4.78, 5) is 30.5. The highest BCUT2D eigenvalue weighted by Gasteiger charge is 2.27. The van der Waals surface area contributed by atoms with Crippen molar-refractivity contribution in [2.45, 2.75) is 37.8 Å². The van der Waals surface area contributed by atoms with E-state index < -0.39 is 0 Å². The number of rotatable bonds is 8. The standard InChI is InChI=1S/C18H23N5O2S/c1-3-23(4-2)17(25)13-7-9-14(10-8-13)19-15(24)11-26-18-20-16(21-22-18)12-5-6-12/h7-10,12H,3-6,11H2,1-2H3,(H,19,24)(H,20,21,22). The van der Waals surface area contributed by atoms with E-state index in [1.165, 1.54) is 11.8 Å². The molecule has 2 aromatic rings. The van der Waals surface area contributed by atoms with Crippen LogP contribution in [0.15, 0.2) is 29.4 Å². The van der Waals surface area contributed by atoms with E-state index in [1.54, 1.807) is 29.2 Å². The number of H-pyrrole nitrogens is 1. The predicted molar refractivity (Wildman–Crippen MR) is 101 cm³/mol. The molecule has 0 atom stereocenters. The summed E-state index contributed by atoms with van der Waals surface area (Å²) in [7, 11) is 0. The fraction of sp³-hybridized carbons (Fsp3) is 0.444. The highest BCUT2D eigenvalue weighted by atomic mass is 32.2. The maximum absolute atomic E-state index is 12.3. The number of nitrogens with one attached hydrogen (secondary N) is 2. The first kappa shape index (κ1) is 18.4. The summed E-state index contributed by atoms with van der Waals surface area (Å²) in [5.74, 6) is 1.54. The van der Waals surface area contributed by atoms with Crippen LogP contribution < -0.4 is 5.32 Å². The van der Waals surface area contributed by atoms with E-state index in [0.717, 1.165) is 18.7 Å². The Morgan fingerprint density at radius 3 is 2.54 bits per heavy atom. The second-order valence-corrected chi connectivity index (χ2v) is 7.11. The van der Waals surface area contributed by atoms with Gasteiger partial charge in [0, 0.05) is 30.3 Å². The summed E-state index contributed by atoms with van der Waals surface area (Å²) in [6.07, 6.45) is 2.32. The van der Waals surface area contributed by atoms with Gasteiger partial charge in [-0.3, -0.25) is 14.7 Å². The Labute approximate surface area is 157 Å². The normalized spacial score (nSPS) is 13.5. The molecule has 26 heavy (non-hydrogen) atoms. The average molecular weight is 373 g/mol. The molecule has 0 saturated heterocycles. The van der Waals surface area contributed by atoms with Crippen molar-refractivity contribution in [3.8, 4) is 0 Å². The molecule has 0 bridgehead atoms. The van der Waals surface area contributed by atoms with Gasteiger partial charge in [0.15, 0.2) is 0 Å². The van der Waals surface area contributed by atoms with E-state index in [9.17, 15) is 9.59 Å². The molecule has 138 valence electrons. The fourth-order valence-corrected chi connectivity index (χ4v) is 3.18. The van der Waals surface area contributed by atoms with Gasteiger partial charge in [-0.25, -0.2) is 4.98 Å². The Bertz CT molecular complexity index is 766. The molecule has 1 aromatic heterocycles. The molecule has 1 aromatic carbocycles. The van der Waals surface area contributed by atoms with Crippen molar-refractivity contribution < 1.29 is 9.59 Å². The highest BCUT2D eigenvalue weighted by Crippen LogP contribution is 2.38. The molecule has 8 heteroatoms. The molecule has 7 nitrogen and oxygen atoms in total. The third-order valence-corrected chi connectivity index (χ3v) is 5.09. The third-order valence-electron chi connectivity index (χ3n) is 4.24. The van der Waals surface area contributed by atoms with Gasteiger partial charge in [0.2, 0.25) is 11.1 Å². The quantitative estimate of drug-likeness (QED) is 0.694. The molecule has 1 fully saturated rings. The summed E-state index contributed by atoms with van der Waals surface area (Å²) in [5.41, 5.74) is 1.29. The smallest absolute Gasteiger partial charge is 0.253 e. The topological polar surface area (TPSA) is 91.0 Å². The molecule has 0 unspecified atom stereocenters. The number of anilines is 1. The van der Waals surface area contributed by atoms with Gasteiger partial charge in [0.1, 0.15) is 5.82 Å². The lowest BCUT2D eigenvalue weighted by molar-refractivity contribution is -0.113. The van der Waals surface area contributed by atoms with Crippen LogP contribution in [-0.2, 0) is 4.79 Å². The van der Waals surface area contributed by atoms with Crippen LogP contribution in [0.5, 0.6) is 0 Å². The van der Waals surface area contributed by atoms with Crippen LogP contribution in [0.2, 0.25) is 0 Å². The predicted octanol–water partition coefficient (Wildman–Crippen LogP) is 2.89. The summed E-state index contributed by atoms with van der Waals surface area (Å²) < 4.78 is 0. The number of benzene rings is 1. The molecule has 0 aliphatic heterocycles. The molecule has 0 spiro atoms. The maximum atomic E-state index is 12.3. The number of amides is 2. The Balaban J connectivity index is 1.49. The number of carbonyl (C=O) groups is 2. The summed E-state index contributed by atoms with van der Waals surface area (Å²) in [6.45, 7) is 5.26. The molecule has 0 radical (unpaired) electrons. The summed E-state index contributed by atoms with van der Waals surface area (Å²) in [5, 5.41) is 10.5. The van der Waals surface area contributed by atoms with Crippen molar-refractivity contribution in [3.63, 3.8) is 0 Å². The third kappa shape index (κ3) is 4.63. The summed E-state index contributed by atoms with van der Waals surface area (Å²) >= 11 is 1.31. The minimum Gasteiger partial charge on any atom is -0.339 e. The SMILES string of the molecule is CCN(CC)C(=O)c1ccc(NC(=O)CSc2n[nH]c(C3CC3)n2)cc1. The van der Waals surface area contributed by atoms with Crippen molar-refractivity contribution in [2.75, 3.05) is 24.2 Å². The van der Waals surface area contributed by atoms with Crippen LogP contribution in [0.4, 0.5) is 5.69 Å². The van der Waals surface area contributed by atoms with Crippen molar-refractivity contribution in [1.29, 1.82) is 0 Å². The largest absolute Gasteiger partial charge is 0.339 e. The molecule has 3 rings (SSSR count). The van der Waals surface area contributed by atoms with Gasteiger partial charge in [-0.2, -0.15) is 0 Å². The lowest BCUT2D eigenvalue weighted by Gasteiger charge is -2.18. The van der Waals surface area contributed by atoms with E-state index in [-0.39, 0.29) is 17.6 Å². The molecule has 1 heterocycles. The van der Waals surface area contributed by atoms with E-state index in [2.05, 4.69) is 20.5 Å². The number of hydrogen-bond acceptors (Lipinski definition) is 5. The first-order valence-electron chi connectivity index (χ1n) is 8.85. The Morgan fingerprint density at radius 1 is 1.23 bits per heavy atom. The Hall–Kier alpha value is -2.35.